The van der Waals surface area contributed by atoms with Gasteiger partial charge in [0.05, 0.1) is 0 Å². The van der Waals surface area contributed by atoms with Crippen molar-refractivity contribution in [1.82, 2.24) is 0 Å². The Morgan fingerprint density at radius 2 is 1.22 bits per heavy atom. The Morgan fingerprint density at radius 1 is 0.652 bits per heavy atom. The van der Waals surface area contributed by atoms with Crippen molar-refractivity contribution in [3.8, 4) is 0 Å². The van der Waals surface area contributed by atoms with Crippen molar-refractivity contribution in [1.29, 1.82) is 0 Å². The van der Waals surface area contributed by atoms with Crippen molar-refractivity contribution >= 4 is 0 Å². The zero-order valence-electron chi connectivity index (χ0n) is 13.2. The largest absolute Gasteiger partial charge is 0.207 e. The fourth-order valence-corrected chi connectivity index (χ4v) is 3.01. The molecule has 0 aromatic heterocycles. The van der Waals surface area contributed by atoms with Crippen molar-refractivity contribution in [2.75, 3.05) is 0 Å². The molecule has 0 radical (unpaired) electrons. The standard InChI is InChI=1S/C22H21F/c23-22-15-13-20(14-16-22)21(17-19-9-5-2-6-10-19)12-11-18-7-3-1-4-8-18/h1-10,13-16,21H,11-12,17H2/t21-/m1/s1. The van der Waals surface area contributed by atoms with Crippen LogP contribution in [0.5, 0.6) is 0 Å². The molecule has 23 heavy (non-hydrogen) atoms. The molecule has 1 atom stereocenters. The Balaban J connectivity index is 1.76. The van der Waals surface area contributed by atoms with Crippen LogP contribution < -0.4 is 0 Å². The molecule has 0 unspecified atom stereocenters. The van der Waals surface area contributed by atoms with E-state index >= 15 is 0 Å². The molecular formula is C22H21F. The SMILES string of the molecule is Fc1ccc([C@H](CCc2ccccc2)Cc2ccccc2)cc1. The van der Waals surface area contributed by atoms with Crippen LogP contribution in [0.3, 0.4) is 0 Å². The molecule has 0 saturated heterocycles. The van der Waals surface area contributed by atoms with E-state index in [0.29, 0.717) is 5.92 Å². The number of hydrogen-bond donors (Lipinski definition) is 0. The van der Waals surface area contributed by atoms with Crippen LogP contribution in [-0.4, -0.2) is 0 Å². The van der Waals surface area contributed by atoms with Crippen LogP contribution in [0.15, 0.2) is 84.9 Å². The molecule has 0 N–H and O–H groups in total. The summed E-state index contributed by atoms with van der Waals surface area (Å²) in [6.07, 6.45) is 3.08. The van der Waals surface area contributed by atoms with Crippen molar-refractivity contribution in [2.24, 2.45) is 0 Å². The third-order valence-corrected chi connectivity index (χ3v) is 4.29. The quantitative estimate of drug-likeness (QED) is 0.541. The van der Waals surface area contributed by atoms with Crippen LogP contribution in [0.2, 0.25) is 0 Å². The normalized spacial score (nSPS) is 12.0. The van der Waals surface area contributed by atoms with E-state index in [1.807, 2.05) is 24.3 Å². The van der Waals surface area contributed by atoms with Crippen LogP contribution in [0, 0.1) is 5.82 Å². The maximum Gasteiger partial charge on any atom is 0.123 e. The molecule has 3 rings (SSSR count). The molecule has 0 aliphatic carbocycles. The van der Waals surface area contributed by atoms with Gasteiger partial charge >= 0.3 is 0 Å². The molecule has 0 spiro atoms. The van der Waals surface area contributed by atoms with E-state index in [1.54, 1.807) is 12.1 Å². The molecule has 116 valence electrons. The summed E-state index contributed by atoms with van der Waals surface area (Å²) in [5.74, 6) is 0.230. The van der Waals surface area contributed by atoms with Gasteiger partial charge in [0.1, 0.15) is 5.82 Å². The van der Waals surface area contributed by atoms with Crippen LogP contribution >= 0.6 is 0 Å². The second-order valence-corrected chi connectivity index (χ2v) is 5.96. The predicted molar refractivity (Wildman–Crippen MR) is 94.1 cm³/mol. The molecule has 0 saturated carbocycles. The minimum Gasteiger partial charge on any atom is -0.207 e. The first-order chi connectivity index (χ1) is 11.3. The van der Waals surface area contributed by atoms with E-state index in [4.69, 9.17) is 0 Å². The van der Waals surface area contributed by atoms with Gasteiger partial charge in [0, 0.05) is 0 Å². The summed E-state index contributed by atoms with van der Waals surface area (Å²) >= 11 is 0. The number of benzene rings is 3. The van der Waals surface area contributed by atoms with Gasteiger partial charge in [-0.15, -0.1) is 0 Å². The van der Waals surface area contributed by atoms with Gasteiger partial charge in [-0.25, -0.2) is 4.39 Å². The maximum atomic E-state index is 13.2. The molecule has 0 heterocycles. The van der Waals surface area contributed by atoms with E-state index < -0.39 is 0 Å². The molecule has 0 nitrogen and oxygen atoms in total. The van der Waals surface area contributed by atoms with Crippen molar-refractivity contribution < 1.29 is 4.39 Å². The lowest BCUT2D eigenvalue weighted by Crippen LogP contribution is -2.05. The van der Waals surface area contributed by atoms with Gasteiger partial charge in [0.2, 0.25) is 0 Å². The average Bonchev–Trinajstić information content (AvgIpc) is 2.61. The van der Waals surface area contributed by atoms with Gasteiger partial charge in [0.25, 0.3) is 0 Å². The molecule has 0 fully saturated rings. The van der Waals surface area contributed by atoms with Gasteiger partial charge < -0.3 is 0 Å². The number of hydrogen-bond acceptors (Lipinski definition) is 0. The first-order valence-electron chi connectivity index (χ1n) is 8.14. The Labute approximate surface area is 137 Å². The maximum absolute atomic E-state index is 13.2. The van der Waals surface area contributed by atoms with Crippen LogP contribution in [0.1, 0.15) is 29.0 Å². The first-order valence-corrected chi connectivity index (χ1v) is 8.14. The van der Waals surface area contributed by atoms with E-state index in [2.05, 4.69) is 48.5 Å². The number of aryl methyl sites for hydroxylation is 1. The fraction of sp³-hybridized carbons (Fsp3) is 0.182. The molecule has 3 aromatic carbocycles. The summed E-state index contributed by atoms with van der Waals surface area (Å²) in [6, 6.07) is 28.1. The average molecular weight is 304 g/mol. The van der Waals surface area contributed by atoms with Gasteiger partial charge in [-0.05, 0) is 54.0 Å². The van der Waals surface area contributed by atoms with Crippen molar-refractivity contribution in [3.05, 3.63) is 107 Å². The van der Waals surface area contributed by atoms with Gasteiger partial charge in [0.15, 0.2) is 0 Å². The molecule has 0 amide bonds. The minimum absolute atomic E-state index is 0.171. The Bertz CT molecular complexity index is 702. The van der Waals surface area contributed by atoms with E-state index in [0.717, 1.165) is 19.3 Å². The third kappa shape index (κ3) is 4.53. The summed E-state index contributed by atoms with van der Waals surface area (Å²) in [4.78, 5) is 0. The van der Waals surface area contributed by atoms with Gasteiger partial charge in [-0.2, -0.15) is 0 Å². The summed E-state index contributed by atoms with van der Waals surface area (Å²) in [5.41, 5.74) is 3.90. The van der Waals surface area contributed by atoms with Crippen LogP contribution in [0.25, 0.3) is 0 Å². The van der Waals surface area contributed by atoms with Crippen molar-refractivity contribution in [3.63, 3.8) is 0 Å². The highest BCUT2D eigenvalue weighted by Crippen LogP contribution is 2.26. The Kier molecular flexibility index (Phi) is 5.21. The lowest BCUT2D eigenvalue weighted by Gasteiger charge is -2.18. The highest BCUT2D eigenvalue weighted by atomic mass is 19.1. The summed E-state index contributed by atoms with van der Waals surface area (Å²) in [5, 5.41) is 0. The van der Waals surface area contributed by atoms with Crippen LogP contribution in [0.4, 0.5) is 4.39 Å². The zero-order chi connectivity index (χ0) is 15.9. The first kappa shape index (κ1) is 15.5. The van der Waals surface area contributed by atoms with Gasteiger partial charge in [-0.1, -0.05) is 72.8 Å². The second kappa shape index (κ2) is 7.73. The Hall–Kier alpha value is -2.41. The summed E-state index contributed by atoms with van der Waals surface area (Å²) in [7, 11) is 0. The monoisotopic (exact) mass is 304 g/mol. The smallest absolute Gasteiger partial charge is 0.123 e. The molecule has 0 aliphatic heterocycles. The summed E-state index contributed by atoms with van der Waals surface area (Å²) < 4.78 is 13.2. The highest BCUT2D eigenvalue weighted by molar-refractivity contribution is 5.25. The predicted octanol–water partition coefficient (Wildman–Crippen LogP) is 5.78. The summed E-state index contributed by atoms with van der Waals surface area (Å²) in [6.45, 7) is 0. The second-order valence-electron chi connectivity index (χ2n) is 5.96. The van der Waals surface area contributed by atoms with E-state index in [9.17, 15) is 4.39 Å². The topological polar surface area (TPSA) is 0 Å². The molecule has 3 aromatic rings. The van der Waals surface area contributed by atoms with E-state index in [1.165, 1.54) is 16.7 Å². The lowest BCUT2D eigenvalue weighted by atomic mass is 9.87. The van der Waals surface area contributed by atoms with Crippen LogP contribution in [-0.2, 0) is 12.8 Å². The lowest BCUT2D eigenvalue weighted by molar-refractivity contribution is 0.608. The molecule has 0 aliphatic rings. The highest BCUT2D eigenvalue weighted by Gasteiger charge is 2.13. The van der Waals surface area contributed by atoms with Crippen molar-refractivity contribution in [2.45, 2.75) is 25.2 Å². The molecule has 1 heteroatoms. The minimum atomic E-state index is -0.171. The van der Waals surface area contributed by atoms with E-state index in [-0.39, 0.29) is 5.82 Å². The Morgan fingerprint density at radius 3 is 1.83 bits per heavy atom. The number of halogens is 1. The molecular weight excluding hydrogens is 283 g/mol. The third-order valence-electron chi connectivity index (χ3n) is 4.29. The molecule has 0 bridgehead atoms. The zero-order valence-corrected chi connectivity index (χ0v) is 13.2. The fourth-order valence-electron chi connectivity index (χ4n) is 3.01. The number of rotatable bonds is 6. The van der Waals surface area contributed by atoms with Gasteiger partial charge in [-0.3, -0.25) is 0 Å².